The normalized spacial score (nSPS) is 12.8. The number of ether oxygens (including phenoxy) is 2. The summed E-state index contributed by atoms with van der Waals surface area (Å²) < 4.78 is 10.8. The van der Waals surface area contributed by atoms with Crippen LogP contribution in [0, 0.1) is 0 Å². The molecule has 0 aliphatic carbocycles. The molecule has 21 heavy (non-hydrogen) atoms. The van der Waals surface area contributed by atoms with Gasteiger partial charge in [-0.3, -0.25) is 9.59 Å². The number of fused-ring (bicyclic) bond motifs is 1. The number of anilines is 1. The van der Waals surface area contributed by atoms with Crippen molar-refractivity contribution in [2.75, 3.05) is 18.5 Å². The molecule has 1 aromatic carbocycles. The van der Waals surface area contributed by atoms with Gasteiger partial charge in [0.05, 0.1) is 10.7 Å². The van der Waals surface area contributed by atoms with Crippen LogP contribution in [0.3, 0.4) is 0 Å². The summed E-state index contributed by atoms with van der Waals surface area (Å²) in [4.78, 5) is 22.2. The number of halogens is 1. The maximum atomic E-state index is 11.8. The third-order valence-corrected chi connectivity index (χ3v) is 3.26. The van der Waals surface area contributed by atoms with Crippen LogP contribution in [0.25, 0.3) is 0 Å². The Labute approximate surface area is 127 Å². The van der Waals surface area contributed by atoms with E-state index in [0.29, 0.717) is 48.3 Å². The fourth-order valence-corrected chi connectivity index (χ4v) is 2.14. The average Bonchev–Trinajstić information content (AvgIpc) is 2.44. The van der Waals surface area contributed by atoms with Crippen LogP contribution in [0.15, 0.2) is 12.1 Å². The SMILES string of the molecule is O=C(O)CCCCC(=O)Nc1cc2c(cc1Cl)OCCO2. The molecule has 2 rings (SSSR count). The summed E-state index contributed by atoms with van der Waals surface area (Å²) in [5, 5.41) is 11.6. The fraction of sp³-hybridized carbons (Fsp3) is 0.429. The molecular formula is C14H16ClNO5. The Hall–Kier alpha value is -1.95. The van der Waals surface area contributed by atoms with Crippen molar-refractivity contribution in [3.63, 3.8) is 0 Å². The molecule has 0 bridgehead atoms. The van der Waals surface area contributed by atoms with Crippen molar-refractivity contribution < 1.29 is 24.2 Å². The van der Waals surface area contributed by atoms with E-state index in [4.69, 9.17) is 26.2 Å². The van der Waals surface area contributed by atoms with Crippen LogP contribution in [0.5, 0.6) is 11.5 Å². The first-order chi connectivity index (χ1) is 10.1. The van der Waals surface area contributed by atoms with Gasteiger partial charge in [0.15, 0.2) is 11.5 Å². The zero-order valence-corrected chi connectivity index (χ0v) is 12.1. The number of carboxylic acid groups (broad SMARTS) is 1. The highest BCUT2D eigenvalue weighted by Gasteiger charge is 2.16. The van der Waals surface area contributed by atoms with E-state index in [0.717, 1.165) is 0 Å². The van der Waals surface area contributed by atoms with Gasteiger partial charge in [-0.05, 0) is 12.8 Å². The molecule has 0 fully saturated rings. The average molecular weight is 314 g/mol. The van der Waals surface area contributed by atoms with E-state index < -0.39 is 5.97 Å². The lowest BCUT2D eigenvalue weighted by Crippen LogP contribution is -2.16. The third-order valence-electron chi connectivity index (χ3n) is 2.95. The van der Waals surface area contributed by atoms with Crippen molar-refractivity contribution in [1.82, 2.24) is 0 Å². The van der Waals surface area contributed by atoms with Gasteiger partial charge in [0.2, 0.25) is 5.91 Å². The number of carbonyl (C=O) groups excluding carboxylic acids is 1. The van der Waals surface area contributed by atoms with E-state index in [1.807, 2.05) is 0 Å². The van der Waals surface area contributed by atoms with Gasteiger partial charge >= 0.3 is 5.97 Å². The number of aliphatic carboxylic acids is 1. The molecule has 0 saturated heterocycles. The van der Waals surface area contributed by atoms with Crippen LogP contribution in [-0.4, -0.2) is 30.2 Å². The second-order valence-corrected chi connectivity index (χ2v) is 5.03. The van der Waals surface area contributed by atoms with Crippen LogP contribution in [0.2, 0.25) is 5.02 Å². The Morgan fingerprint density at radius 2 is 1.76 bits per heavy atom. The number of amides is 1. The minimum Gasteiger partial charge on any atom is -0.486 e. The van der Waals surface area contributed by atoms with Gasteiger partial charge in [0, 0.05) is 25.0 Å². The largest absolute Gasteiger partial charge is 0.486 e. The van der Waals surface area contributed by atoms with Gasteiger partial charge in [-0.15, -0.1) is 0 Å². The molecule has 114 valence electrons. The molecule has 0 atom stereocenters. The Morgan fingerprint density at radius 1 is 1.14 bits per heavy atom. The number of unbranched alkanes of at least 4 members (excludes halogenated alkanes) is 1. The molecule has 6 nitrogen and oxygen atoms in total. The molecule has 1 amide bonds. The van der Waals surface area contributed by atoms with Crippen molar-refractivity contribution in [1.29, 1.82) is 0 Å². The zero-order chi connectivity index (χ0) is 15.2. The van der Waals surface area contributed by atoms with Gasteiger partial charge < -0.3 is 19.9 Å². The number of carboxylic acids is 1. The highest BCUT2D eigenvalue weighted by Crippen LogP contribution is 2.37. The standard InChI is InChI=1S/C14H16ClNO5/c15-9-7-11-12(21-6-5-20-11)8-10(9)16-13(17)3-1-2-4-14(18)19/h7-8H,1-6H2,(H,16,17)(H,18,19). The molecule has 0 aromatic heterocycles. The molecule has 2 N–H and O–H groups in total. The minimum atomic E-state index is -0.856. The number of hydrogen-bond donors (Lipinski definition) is 2. The van der Waals surface area contributed by atoms with E-state index in [2.05, 4.69) is 5.32 Å². The van der Waals surface area contributed by atoms with Crippen LogP contribution < -0.4 is 14.8 Å². The molecule has 1 aromatic rings. The lowest BCUT2D eigenvalue weighted by atomic mass is 10.2. The number of hydrogen-bond acceptors (Lipinski definition) is 4. The number of nitrogens with one attached hydrogen (secondary N) is 1. The fourth-order valence-electron chi connectivity index (χ4n) is 1.93. The highest BCUT2D eigenvalue weighted by atomic mass is 35.5. The summed E-state index contributed by atoms with van der Waals surface area (Å²) in [5.74, 6) is 0.0433. The van der Waals surface area contributed by atoms with Crippen LogP contribution in [-0.2, 0) is 9.59 Å². The molecule has 7 heteroatoms. The smallest absolute Gasteiger partial charge is 0.303 e. The van der Waals surface area contributed by atoms with Gasteiger partial charge in [-0.25, -0.2) is 0 Å². The molecule has 0 saturated carbocycles. The first kappa shape index (κ1) is 15.4. The first-order valence-electron chi connectivity index (χ1n) is 6.67. The van der Waals surface area contributed by atoms with Crippen molar-refractivity contribution in [2.24, 2.45) is 0 Å². The second kappa shape index (κ2) is 7.17. The van der Waals surface area contributed by atoms with Crippen molar-refractivity contribution in [3.05, 3.63) is 17.2 Å². The summed E-state index contributed by atoms with van der Waals surface area (Å²) in [6.45, 7) is 0.926. The molecule has 0 spiro atoms. The topological polar surface area (TPSA) is 84.9 Å². The quantitative estimate of drug-likeness (QED) is 0.789. The van der Waals surface area contributed by atoms with Crippen LogP contribution >= 0.6 is 11.6 Å². The van der Waals surface area contributed by atoms with Gasteiger partial charge in [-0.1, -0.05) is 11.6 Å². The zero-order valence-electron chi connectivity index (χ0n) is 11.4. The van der Waals surface area contributed by atoms with Gasteiger partial charge in [0.25, 0.3) is 0 Å². The van der Waals surface area contributed by atoms with Gasteiger partial charge in [-0.2, -0.15) is 0 Å². The third kappa shape index (κ3) is 4.53. The summed E-state index contributed by atoms with van der Waals surface area (Å²) in [5.41, 5.74) is 0.462. The predicted molar refractivity (Wildman–Crippen MR) is 77.2 cm³/mol. The summed E-state index contributed by atoms with van der Waals surface area (Å²) in [6, 6.07) is 3.24. The summed E-state index contributed by atoms with van der Waals surface area (Å²) >= 11 is 6.08. The summed E-state index contributed by atoms with van der Waals surface area (Å²) in [6.07, 6.45) is 1.30. The lowest BCUT2D eigenvalue weighted by molar-refractivity contribution is -0.137. The number of carbonyl (C=O) groups is 2. The van der Waals surface area contributed by atoms with Crippen molar-refractivity contribution in [3.8, 4) is 11.5 Å². The molecule has 1 aliphatic rings. The van der Waals surface area contributed by atoms with Gasteiger partial charge in [0.1, 0.15) is 13.2 Å². The van der Waals surface area contributed by atoms with E-state index in [-0.39, 0.29) is 18.7 Å². The molecule has 1 heterocycles. The highest BCUT2D eigenvalue weighted by molar-refractivity contribution is 6.34. The van der Waals surface area contributed by atoms with E-state index in [1.54, 1.807) is 12.1 Å². The summed E-state index contributed by atoms with van der Waals surface area (Å²) in [7, 11) is 0. The Bertz CT molecular complexity index is 546. The molecule has 0 unspecified atom stereocenters. The van der Waals surface area contributed by atoms with Crippen LogP contribution in [0.1, 0.15) is 25.7 Å². The predicted octanol–water partition coefficient (Wildman–Crippen LogP) is 2.69. The number of benzene rings is 1. The monoisotopic (exact) mass is 313 g/mol. The number of rotatable bonds is 6. The lowest BCUT2D eigenvalue weighted by Gasteiger charge is -2.20. The Balaban J connectivity index is 1.90. The molecule has 0 radical (unpaired) electrons. The van der Waals surface area contributed by atoms with Crippen molar-refractivity contribution >= 4 is 29.2 Å². The minimum absolute atomic E-state index is 0.0675. The van der Waals surface area contributed by atoms with E-state index in [1.165, 1.54) is 0 Å². The first-order valence-corrected chi connectivity index (χ1v) is 7.05. The van der Waals surface area contributed by atoms with Crippen molar-refractivity contribution in [2.45, 2.75) is 25.7 Å². The Kier molecular flexibility index (Phi) is 5.27. The maximum absolute atomic E-state index is 11.8. The Morgan fingerprint density at radius 3 is 2.43 bits per heavy atom. The van der Waals surface area contributed by atoms with E-state index >= 15 is 0 Å². The molecule has 1 aliphatic heterocycles. The second-order valence-electron chi connectivity index (χ2n) is 4.62. The van der Waals surface area contributed by atoms with E-state index in [9.17, 15) is 9.59 Å². The van der Waals surface area contributed by atoms with Crippen LogP contribution in [0.4, 0.5) is 5.69 Å². The molecular weight excluding hydrogens is 298 g/mol. The maximum Gasteiger partial charge on any atom is 0.303 e.